The number of hydrogen-bond acceptors (Lipinski definition) is 2. The highest BCUT2D eigenvalue weighted by Crippen LogP contribution is 2.41. The molecule has 1 aromatic rings. The molecule has 3 nitrogen and oxygen atoms in total. The molecule has 0 aliphatic heterocycles. The van der Waals surface area contributed by atoms with Crippen molar-refractivity contribution in [3.63, 3.8) is 0 Å². The summed E-state index contributed by atoms with van der Waals surface area (Å²) in [5.74, 6) is 0.0314. The van der Waals surface area contributed by atoms with E-state index in [0.29, 0.717) is 16.3 Å². The van der Waals surface area contributed by atoms with E-state index in [-0.39, 0.29) is 22.2 Å². The van der Waals surface area contributed by atoms with Gasteiger partial charge in [0.2, 0.25) is 5.91 Å². The summed E-state index contributed by atoms with van der Waals surface area (Å²) in [7, 11) is 0. The molecule has 1 saturated carbocycles. The number of halogens is 1. The molecule has 0 aromatic heterocycles. The predicted octanol–water partition coefficient (Wildman–Crippen LogP) is 4.13. The van der Waals surface area contributed by atoms with Gasteiger partial charge in [-0.25, -0.2) is 0 Å². The average Bonchev–Trinajstić information content (AvgIpc) is 2.37. The van der Waals surface area contributed by atoms with E-state index in [4.69, 9.17) is 29.6 Å². The van der Waals surface area contributed by atoms with Gasteiger partial charge in [0.15, 0.2) is 0 Å². The van der Waals surface area contributed by atoms with Crippen molar-refractivity contribution in [2.24, 2.45) is 17.1 Å². The highest BCUT2D eigenvalue weighted by atomic mass is 35.5. The first-order chi connectivity index (χ1) is 9.81. The Hall–Kier alpha value is -1.13. The molecule has 0 saturated heterocycles. The molecule has 0 radical (unpaired) electrons. The van der Waals surface area contributed by atoms with Crippen LogP contribution in [0.25, 0.3) is 0 Å². The molecule has 1 aliphatic carbocycles. The first kappa shape index (κ1) is 16.2. The summed E-state index contributed by atoms with van der Waals surface area (Å²) in [6.07, 6.45) is 4.27. The molecule has 0 bridgehead atoms. The van der Waals surface area contributed by atoms with E-state index in [1.807, 2.05) is 0 Å². The maximum absolute atomic E-state index is 12.6. The van der Waals surface area contributed by atoms with Gasteiger partial charge in [0.1, 0.15) is 4.99 Å². The lowest BCUT2D eigenvalue weighted by molar-refractivity contribution is -0.124. The van der Waals surface area contributed by atoms with Crippen molar-refractivity contribution in [1.82, 2.24) is 0 Å². The highest BCUT2D eigenvalue weighted by Gasteiger charge is 2.37. The molecule has 1 amide bonds. The van der Waals surface area contributed by atoms with Gasteiger partial charge in [-0.1, -0.05) is 50.5 Å². The fourth-order valence-corrected chi connectivity index (χ4v) is 3.38. The van der Waals surface area contributed by atoms with Crippen molar-refractivity contribution in [3.8, 4) is 0 Å². The Balaban J connectivity index is 2.23. The Morgan fingerprint density at radius 1 is 1.43 bits per heavy atom. The predicted molar refractivity (Wildman–Crippen MR) is 91.7 cm³/mol. The number of nitrogens with one attached hydrogen (secondary N) is 1. The SMILES string of the molecule is CC1(C)CCCCC1C(=O)Nc1cc(Cl)ccc1C(N)=S. The summed E-state index contributed by atoms with van der Waals surface area (Å²) >= 11 is 11.0. The van der Waals surface area contributed by atoms with Crippen LogP contribution >= 0.6 is 23.8 Å². The Labute approximate surface area is 136 Å². The molecule has 5 heteroatoms. The van der Waals surface area contributed by atoms with E-state index in [0.717, 1.165) is 19.3 Å². The minimum atomic E-state index is 0.00410. The topological polar surface area (TPSA) is 55.1 Å². The number of carbonyl (C=O) groups is 1. The van der Waals surface area contributed by atoms with Crippen molar-refractivity contribution in [3.05, 3.63) is 28.8 Å². The lowest BCUT2D eigenvalue weighted by atomic mass is 9.68. The van der Waals surface area contributed by atoms with Crippen molar-refractivity contribution >= 4 is 40.4 Å². The molecule has 0 heterocycles. The third-order valence-corrected chi connectivity index (χ3v) is 4.78. The van der Waals surface area contributed by atoms with E-state index in [1.165, 1.54) is 6.42 Å². The van der Waals surface area contributed by atoms with Crippen molar-refractivity contribution in [2.75, 3.05) is 5.32 Å². The standard InChI is InChI=1S/C16H21ClN2OS/c1-16(2)8-4-3-5-12(16)15(20)19-13-9-10(17)6-7-11(13)14(18)21/h6-7,9,12H,3-5,8H2,1-2H3,(H2,18,21)(H,19,20). The number of nitrogens with two attached hydrogens (primary N) is 1. The van der Waals surface area contributed by atoms with Gasteiger partial charge < -0.3 is 11.1 Å². The van der Waals surface area contributed by atoms with E-state index in [1.54, 1.807) is 18.2 Å². The Bertz CT molecular complexity index is 571. The summed E-state index contributed by atoms with van der Waals surface area (Å²) < 4.78 is 0. The van der Waals surface area contributed by atoms with E-state index in [2.05, 4.69) is 19.2 Å². The Kier molecular flexibility index (Phi) is 4.89. The summed E-state index contributed by atoms with van der Waals surface area (Å²) in [4.78, 5) is 12.9. The van der Waals surface area contributed by atoms with Gasteiger partial charge in [-0.2, -0.15) is 0 Å². The Morgan fingerprint density at radius 3 is 2.76 bits per heavy atom. The maximum Gasteiger partial charge on any atom is 0.228 e. The molecule has 3 N–H and O–H groups in total. The normalized spacial score (nSPS) is 20.8. The van der Waals surface area contributed by atoms with Gasteiger partial charge in [0.05, 0.1) is 5.69 Å². The zero-order valence-electron chi connectivity index (χ0n) is 12.4. The molecule has 2 rings (SSSR count). The molecule has 1 aliphatic rings. The van der Waals surface area contributed by atoms with Crippen LogP contribution in [-0.4, -0.2) is 10.9 Å². The number of hydrogen-bond donors (Lipinski definition) is 2. The summed E-state index contributed by atoms with van der Waals surface area (Å²) in [6, 6.07) is 5.16. The van der Waals surface area contributed by atoms with Crippen molar-refractivity contribution in [2.45, 2.75) is 39.5 Å². The molecule has 1 atom stereocenters. The third-order valence-electron chi connectivity index (χ3n) is 4.33. The fourth-order valence-electron chi connectivity index (χ4n) is 3.03. The quantitative estimate of drug-likeness (QED) is 0.822. The first-order valence-corrected chi connectivity index (χ1v) is 8.00. The van der Waals surface area contributed by atoms with Crippen LogP contribution in [0.4, 0.5) is 5.69 Å². The van der Waals surface area contributed by atoms with Crippen molar-refractivity contribution < 1.29 is 4.79 Å². The van der Waals surface area contributed by atoms with Crippen LogP contribution in [0.15, 0.2) is 18.2 Å². The van der Waals surface area contributed by atoms with Gasteiger partial charge in [-0.3, -0.25) is 4.79 Å². The second kappa shape index (κ2) is 6.32. The van der Waals surface area contributed by atoms with Gasteiger partial charge in [-0.15, -0.1) is 0 Å². The van der Waals surface area contributed by atoms with Gasteiger partial charge in [-0.05, 0) is 36.5 Å². The number of rotatable bonds is 3. The van der Waals surface area contributed by atoms with E-state index in [9.17, 15) is 4.79 Å². The van der Waals surface area contributed by atoms with Crippen molar-refractivity contribution in [1.29, 1.82) is 0 Å². The third kappa shape index (κ3) is 3.74. The minimum Gasteiger partial charge on any atom is -0.389 e. The molecule has 0 spiro atoms. The van der Waals surface area contributed by atoms with Gasteiger partial charge in [0, 0.05) is 16.5 Å². The van der Waals surface area contributed by atoms with Gasteiger partial charge >= 0.3 is 0 Å². The van der Waals surface area contributed by atoms with Crippen LogP contribution in [0.2, 0.25) is 5.02 Å². The molecule has 21 heavy (non-hydrogen) atoms. The zero-order valence-corrected chi connectivity index (χ0v) is 14.0. The largest absolute Gasteiger partial charge is 0.389 e. The summed E-state index contributed by atoms with van der Waals surface area (Å²) in [5, 5.41) is 3.52. The molecule has 1 fully saturated rings. The lowest BCUT2D eigenvalue weighted by Crippen LogP contribution is -2.37. The highest BCUT2D eigenvalue weighted by molar-refractivity contribution is 7.80. The minimum absolute atomic E-state index is 0.00410. The molecule has 1 unspecified atom stereocenters. The van der Waals surface area contributed by atoms with Crippen LogP contribution in [-0.2, 0) is 4.79 Å². The zero-order chi connectivity index (χ0) is 15.6. The van der Waals surface area contributed by atoms with Crippen LogP contribution in [0.1, 0.15) is 45.1 Å². The lowest BCUT2D eigenvalue weighted by Gasteiger charge is -2.37. The summed E-state index contributed by atoms with van der Waals surface area (Å²) in [6.45, 7) is 4.31. The molecule has 114 valence electrons. The second-order valence-electron chi connectivity index (χ2n) is 6.33. The smallest absolute Gasteiger partial charge is 0.228 e. The second-order valence-corrected chi connectivity index (χ2v) is 7.21. The van der Waals surface area contributed by atoms with Crippen LogP contribution in [0.3, 0.4) is 0 Å². The van der Waals surface area contributed by atoms with Crippen LogP contribution in [0.5, 0.6) is 0 Å². The number of carbonyl (C=O) groups excluding carboxylic acids is 1. The monoisotopic (exact) mass is 324 g/mol. The van der Waals surface area contributed by atoms with Crippen LogP contribution in [0, 0.1) is 11.3 Å². The van der Waals surface area contributed by atoms with E-state index < -0.39 is 0 Å². The van der Waals surface area contributed by atoms with Crippen LogP contribution < -0.4 is 11.1 Å². The molecule has 1 aromatic carbocycles. The van der Waals surface area contributed by atoms with E-state index >= 15 is 0 Å². The summed E-state index contributed by atoms with van der Waals surface area (Å²) in [5.41, 5.74) is 6.98. The fraction of sp³-hybridized carbons (Fsp3) is 0.500. The maximum atomic E-state index is 12.6. The molecular formula is C16H21ClN2OS. The molecular weight excluding hydrogens is 304 g/mol. The first-order valence-electron chi connectivity index (χ1n) is 7.21. The number of thiocarbonyl (C=S) groups is 1. The van der Waals surface area contributed by atoms with Gasteiger partial charge in [0.25, 0.3) is 0 Å². The number of amides is 1. The number of anilines is 1. The average molecular weight is 325 g/mol. The Morgan fingerprint density at radius 2 is 2.14 bits per heavy atom. The number of benzene rings is 1.